The zero-order valence-corrected chi connectivity index (χ0v) is 16.0. The lowest BCUT2D eigenvalue weighted by atomic mass is 10.0. The van der Waals surface area contributed by atoms with E-state index < -0.39 is 0 Å². The Morgan fingerprint density at radius 1 is 1.00 bits per heavy atom. The molecule has 0 aliphatic carbocycles. The Morgan fingerprint density at radius 2 is 1.83 bits per heavy atom. The van der Waals surface area contributed by atoms with E-state index in [0.29, 0.717) is 31.2 Å². The van der Waals surface area contributed by atoms with Crippen molar-refractivity contribution in [3.63, 3.8) is 0 Å². The Hall–Kier alpha value is -3.22. The largest absolute Gasteiger partial charge is 0.486 e. The average Bonchev–Trinajstić information content (AvgIpc) is 3.25. The van der Waals surface area contributed by atoms with Gasteiger partial charge in [-0.3, -0.25) is 14.5 Å². The summed E-state index contributed by atoms with van der Waals surface area (Å²) in [5, 5.41) is 0. The van der Waals surface area contributed by atoms with Crippen LogP contribution in [0, 0.1) is 0 Å². The molecule has 7 nitrogen and oxygen atoms in total. The minimum absolute atomic E-state index is 0.0141. The number of carbonyl (C=O) groups is 2. The van der Waals surface area contributed by atoms with Crippen molar-refractivity contribution in [1.82, 2.24) is 4.90 Å². The summed E-state index contributed by atoms with van der Waals surface area (Å²) in [4.78, 5) is 29.0. The molecule has 150 valence electrons. The molecule has 0 saturated carbocycles. The van der Waals surface area contributed by atoms with Crippen molar-refractivity contribution >= 4 is 17.5 Å². The number of para-hydroxylation sites is 2. The van der Waals surface area contributed by atoms with Crippen LogP contribution in [0.1, 0.15) is 24.4 Å². The van der Waals surface area contributed by atoms with Crippen molar-refractivity contribution < 1.29 is 23.8 Å². The van der Waals surface area contributed by atoms with Crippen LogP contribution >= 0.6 is 0 Å². The van der Waals surface area contributed by atoms with Crippen LogP contribution in [-0.4, -0.2) is 49.6 Å². The Morgan fingerprint density at radius 3 is 2.72 bits per heavy atom. The fourth-order valence-electron chi connectivity index (χ4n) is 4.23. The first kappa shape index (κ1) is 17.8. The second-order valence-corrected chi connectivity index (χ2v) is 7.38. The van der Waals surface area contributed by atoms with Gasteiger partial charge in [-0.05, 0) is 42.7 Å². The van der Waals surface area contributed by atoms with Gasteiger partial charge in [-0.1, -0.05) is 18.2 Å². The maximum Gasteiger partial charge on any atom is 0.265 e. The summed E-state index contributed by atoms with van der Waals surface area (Å²) in [7, 11) is 0. The molecule has 1 saturated heterocycles. The van der Waals surface area contributed by atoms with Gasteiger partial charge >= 0.3 is 0 Å². The Labute approximate surface area is 168 Å². The molecule has 0 radical (unpaired) electrons. The van der Waals surface area contributed by atoms with E-state index in [1.807, 2.05) is 47.4 Å². The number of likely N-dealkylation sites (tertiary alicyclic amines) is 1. The van der Waals surface area contributed by atoms with Crippen LogP contribution in [0.5, 0.6) is 17.2 Å². The molecule has 7 heteroatoms. The van der Waals surface area contributed by atoms with Gasteiger partial charge in [0.15, 0.2) is 18.1 Å². The number of ether oxygens (including phenoxy) is 3. The first-order chi connectivity index (χ1) is 14.2. The van der Waals surface area contributed by atoms with Crippen LogP contribution in [0.2, 0.25) is 0 Å². The van der Waals surface area contributed by atoms with Crippen molar-refractivity contribution in [2.24, 2.45) is 0 Å². The summed E-state index contributed by atoms with van der Waals surface area (Å²) in [6.07, 6.45) is 1.82. The number of rotatable bonds is 3. The lowest BCUT2D eigenvalue weighted by Gasteiger charge is -2.32. The van der Waals surface area contributed by atoms with E-state index >= 15 is 0 Å². The Balaban J connectivity index is 1.36. The van der Waals surface area contributed by atoms with Crippen molar-refractivity contribution in [3.8, 4) is 17.2 Å². The molecular weight excluding hydrogens is 372 g/mol. The van der Waals surface area contributed by atoms with Gasteiger partial charge in [-0.25, -0.2) is 0 Å². The third-order valence-electron chi connectivity index (χ3n) is 5.63. The number of hydrogen-bond acceptors (Lipinski definition) is 5. The number of nitrogens with zero attached hydrogens (tertiary/aromatic N) is 2. The molecule has 0 N–H and O–H groups in total. The Kier molecular flexibility index (Phi) is 4.50. The molecule has 0 unspecified atom stereocenters. The molecule has 2 aromatic carbocycles. The van der Waals surface area contributed by atoms with Crippen molar-refractivity contribution in [2.45, 2.75) is 18.9 Å². The average molecular weight is 394 g/mol. The topological polar surface area (TPSA) is 68.3 Å². The molecule has 5 rings (SSSR count). The summed E-state index contributed by atoms with van der Waals surface area (Å²) in [6.45, 7) is 1.73. The number of carbonyl (C=O) groups excluding carboxylic acids is 2. The van der Waals surface area contributed by atoms with E-state index in [1.165, 1.54) is 4.90 Å². The number of amides is 2. The summed E-state index contributed by atoms with van der Waals surface area (Å²) in [6, 6.07) is 13.2. The molecule has 1 fully saturated rings. The standard InChI is InChI=1S/C22H22N2O5/c25-21(13-24-17-4-1-2-6-18(17)29-14-22(24)26)23-9-3-5-16(23)15-7-8-19-20(12-15)28-11-10-27-19/h1-2,4,6-8,12,16H,3,5,9-11,13-14H2/t16-/m1/s1. The number of fused-ring (bicyclic) bond motifs is 2. The molecule has 29 heavy (non-hydrogen) atoms. The monoisotopic (exact) mass is 394 g/mol. The van der Waals surface area contributed by atoms with Gasteiger partial charge in [-0.15, -0.1) is 0 Å². The fourth-order valence-corrected chi connectivity index (χ4v) is 4.23. The predicted octanol–water partition coefficient (Wildman–Crippen LogP) is 2.55. The van der Waals surface area contributed by atoms with E-state index in [1.54, 1.807) is 0 Å². The first-order valence-corrected chi connectivity index (χ1v) is 9.92. The normalized spacial score (nSPS) is 20.3. The molecule has 0 spiro atoms. The summed E-state index contributed by atoms with van der Waals surface area (Å²) < 4.78 is 16.8. The number of benzene rings is 2. The third-order valence-corrected chi connectivity index (χ3v) is 5.63. The van der Waals surface area contributed by atoms with Gasteiger partial charge < -0.3 is 19.1 Å². The second-order valence-electron chi connectivity index (χ2n) is 7.38. The predicted molar refractivity (Wildman–Crippen MR) is 105 cm³/mol. The lowest BCUT2D eigenvalue weighted by molar-refractivity contribution is -0.132. The van der Waals surface area contributed by atoms with Gasteiger partial charge in [0.1, 0.15) is 25.5 Å². The van der Waals surface area contributed by atoms with Crippen LogP contribution in [-0.2, 0) is 9.59 Å². The molecule has 2 amide bonds. The number of anilines is 1. The smallest absolute Gasteiger partial charge is 0.265 e. The molecule has 0 bridgehead atoms. The summed E-state index contributed by atoms with van der Waals surface area (Å²) in [5.41, 5.74) is 1.68. The van der Waals surface area contributed by atoms with Crippen LogP contribution in [0.3, 0.4) is 0 Å². The first-order valence-electron chi connectivity index (χ1n) is 9.92. The minimum Gasteiger partial charge on any atom is -0.486 e. The fraction of sp³-hybridized carbons (Fsp3) is 0.364. The molecule has 2 aromatic rings. The minimum atomic E-state index is -0.202. The molecule has 3 heterocycles. The van der Waals surface area contributed by atoms with E-state index in [9.17, 15) is 9.59 Å². The maximum atomic E-state index is 13.2. The molecular formula is C22H22N2O5. The molecule has 1 atom stereocenters. The van der Waals surface area contributed by atoms with Gasteiger partial charge in [-0.2, -0.15) is 0 Å². The molecule has 3 aliphatic heterocycles. The third kappa shape index (κ3) is 3.26. The zero-order valence-electron chi connectivity index (χ0n) is 16.0. The highest BCUT2D eigenvalue weighted by Crippen LogP contribution is 2.38. The highest BCUT2D eigenvalue weighted by atomic mass is 16.6. The van der Waals surface area contributed by atoms with Gasteiger partial charge in [0.2, 0.25) is 5.91 Å². The maximum absolute atomic E-state index is 13.2. The van der Waals surface area contributed by atoms with Crippen LogP contribution < -0.4 is 19.1 Å². The van der Waals surface area contributed by atoms with Gasteiger partial charge in [0, 0.05) is 6.54 Å². The summed E-state index contributed by atoms with van der Waals surface area (Å²) >= 11 is 0. The molecule has 3 aliphatic rings. The second kappa shape index (κ2) is 7.31. The highest BCUT2D eigenvalue weighted by Gasteiger charge is 2.34. The highest BCUT2D eigenvalue weighted by molar-refractivity contribution is 6.02. The van der Waals surface area contributed by atoms with Crippen LogP contribution in [0.4, 0.5) is 5.69 Å². The molecule has 0 aromatic heterocycles. The van der Waals surface area contributed by atoms with Crippen molar-refractivity contribution in [2.75, 3.05) is 37.8 Å². The SMILES string of the molecule is O=C1COc2ccccc2N1CC(=O)N1CCC[C@@H]1c1ccc2c(c1)OCCO2. The van der Waals surface area contributed by atoms with Crippen molar-refractivity contribution in [3.05, 3.63) is 48.0 Å². The van der Waals surface area contributed by atoms with Crippen molar-refractivity contribution in [1.29, 1.82) is 0 Å². The van der Waals surface area contributed by atoms with E-state index in [2.05, 4.69) is 0 Å². The quantitative estimate of drug-likeness (QED) is 0.800. The Bertz CT molecular complexity index is 960. The zero-order chi connectivity index (χ0) is 19.8. The van der Waals surface area contributed by atoms with E-state index in [0.717, 1.165) is 29.9 Å². The summed E-state index contributed by atoms with van der Waals surface area (Å²) in [5.74, 6) is 1.83. The lowest BCUT2D eigenvalue weighted by Crippen LogP contribution is -2.46. The van der Waals surface area contributed by atoms with Gasteiger partial charge in [0.25, 0.3) is 5.91 Å². The van der Waals surface area contributed by atoms with E-state index in [4.69, 9.17) is 14.2 Å². The van der Waals surface area contributed by atoms with E-state index in [-0.39, 0.29) is 31.0 Å². The van der Waals surface area contributed by atoms with Crippen LogP contribution in [0.15, 0.2) is 42.5 Å². The van der Waals surface area contributed by atoms with Gasteiger partial charge in [0.05, 0.1) is 11.7 Å². The van der Waals surface area contributed by atoms with Crippen LogP contribution in [0.25, 0.3) is 0 Å². The number of hydrogen-bond donors (Lipinski definition) is 0.